The van der Waals surface area contributed by atoms with Crippen LogP contribution < -0.4 is 16.0 Å². The van der Waals surface area contributed by atoms with Gasteiger partial charge in [-0.1, -0.05) is 13.8 Å². The molecule has 0 bridgehead atoms. The number of hydrogen-bond acceptors (Lipinski definition) is 3. The summed E-state index contributed by atoms with van der Waals surface area (Å²) < 4.78 is 0. The van der Waals surface area contributed by atoms with Gasteiger partial charge in [-0.3, -0.25) is 9.59 Å². The second kappa shape index (κ2) is 10.0. The van der Waals surface area contributed by atoms with Crippen molar-refractivity contribution in [2.24, 2.45) is 5.92 Å². The number of piperidine rings is 1. The fourth-order valence-electron chi connectivity index (χ4n) is 2.04. The molecule has 1 saturated heterocycles. The highest BCUT2D eigenvalue weighted by atomic mass is 35.5. The van der Waals surface area contributed by atoms with Crippen molar-refractivity contribution >= 4 is 24.2 Å². The van der Waals surface area contributed by atoms with Gasteiger partial charge >= 0.3 is 0 Å². The van der Waals surface area contributed by atoms with E-state index in [1.807, 2.05) is 6.92 Å². The smallest absolute Gasteiger partial charge is 0.220 e. The second-order valence-electron chi connectivity index (χ2n) is 4.99. The van der Waals surface area contributed by atoms with Gasteiger partial charge in [0.2, 0.25) is 11.8 Å². The summed E-state index contributed by atoms with van der Waals surface area (Å²) in [6, 6.07) is 0.199. The van der Waals surface area contributed by atoms with E-state index < -0.39 is 0 Å². The molecule has 0 aliphatic carbocycles. The van der Waals surface area contributed by atoms with Crippen molar-refractivity contribution in [3.8, 4) is 0 Å². The van der Waals surface area contributed by atoms with Crippen LogP contribution in [-0.4, -0.2) is 37.5 Å². The highest BCUT2D eigenvalue weighted by Gasteiger charge is 2.22. The van der Waals surface area contributed by atoms with Crippen molar-refractivity contribution in [3.63, 3.8) is 0 Å². The first-order chi connectivity index (χ1) is 8.63. The van der Waals surface area contributed by atoms with Gasteiger partial charge in [0, 0.05) is 32.0 Å². The summed E-state index contributed by atoms with van der Waals surface area (Å²) >= 11 is 0. The van der Waals surface area contributed by atoms with E-state index in [2.05, 4.69) is 22.9 Å². The molecule has 2 amide bonds. The second-order valence-corrected chi connectivity index (χ2v) is 4.99. The largest absolute Gasteiger partial charge is 0.356 e. The van der Waals surface area contributed by atoms with Crippen LogP contribution in [0.4, 0.5) is 0 Å². The van der Waals surface area contributed by atoms with Crippen molar-refractivity contribution in [1.29, 1.82) is 0 Å². The summed E-state index contributed by atoms with van der Waals surface area (Å²) in [5.41, 5.74) is 0. The van der Waals surface area contributed by atoms with Crippen LogP contribution in [0.2, 0.25) is 0 Å². The molecule has 1 rings (SSSR count). The molecule has 0 spiro atoms. The standard InChI is InChI=1S/C13H25N3O2.ClH/c1-3-7-15-12(17)4-5-13(18)16-11-9-14-8-6-10(11)2;/h10-11,14H,3-9H2,1-2H3,(H,15,17)(H,16,18);1H. The third kappa shape index (κ3) is 7.38. The molecule has 0 aromatic rings. The average Bonchev–Trinajstić information content (AvgIpc) is 2.36. The monoisotopic (exact) mass is 291 g/mol. The quantitative estimate of drug-likeness (QED) is 0.679. The first-order valence-corrected chi connectivity index (χ1v) is 6.90. The normalized spacial score (nSPS) is 22.2. The molecular weight excluding hydrogens is 266 g/mol. The molecule has 1 aliphatic heterocycles. The van der Waals surface area contributed by atoms with Gasteiger partial charge in [0.15, 0.2) is 0 Å². The average molecular weight is 292 g/mol. The molecule has 0 aromatic carbocycles. The lowest BCUT2D eigenvalue weighted by molar-refractivity contribution is -0.127. The van der Waals surface area contributed by atoms with Gasteiger partial charge in [0.05, 0.1) is 0 Å². The predicted octanol–water partition coefficient (Wildman–Crippen LogP) is 0.829. The maximum atomic E-state index is 11.7. The zero-order valence-electron chi connectivity index (χ0n) is 11.8. The summed E-state index contributed by atoms with van der Waals surface area (Å²) in [5.74, 6) is 0.438. The third-order valence-electron chi connectivity index (χ3n) is 3.33. The lowest BCUT2D eigenvalue weighted by atomic mass is 9.94. The predicted molar refractivity (Wildman–Crippen MR) is 78.4 cm³/mol. The Morgan fingerprint density at radius 2 is 1.95 bits per heavy atom. The number of amides is 2. The maximum absolute atomic E-state index is 11.7. The van der Waals surface area contributed by atoms with Gasteiger partial charge in [-0.25, -0.2) is 0 Å². The number of nitrogens with one attached hydrogen (secondary N) is 3. The van der Waals surface area contributed by atoms with E-state index in [1.54, 1.807) is 0 Å². The van der Waals surface area contributed by atoms with E-state index >= 15 is 0 Å². The van der Waals surface area contributed by atoms with E-state index in [0.29, 0.717) is 12.5 Å². The molecule has 1 aliphatic rings. The first kappa shape index (κ1) is 18.2. The molecule has 3 N–H and O–H groups in total. The van der Waals surface area contributed by atoms with E-state index in [4.69, 9.17) is 0 Å². The Kier molecular flexibility index (Phi) is 9.61. The van der Waals surface area contributed by atoms with Gasteiger partial charge in [-0.2, -0.15) is 0 Å². The molecule has 6 heteroatoms. The zero-order valence-corrected chi connectivity index (χ0v) is 12.6. The lowest BCUT2D eigenvalue weighted by Crippen LogP contribution is -2.50. The van der Waals surface area contributed by atoms with Crippen molar-refractivity contribution in [2.45, 2.75) is 45.6 Å². The molecule has 2 unspecified atom stereocenters. The van der Waals surface area contributed by atoms with Crippen molar-refractivity contribution in [1.82, 2.24) is 16.0 Å². The molecule has 112 valence electrons. The SMILES string of the molecule is CCCNC(=O)CCC(=O)NC1CNCCC1C.Cl. The van der Waals surface area contributed by atoms with Crippen LogP contribution in [0.25, 0.3) is 0 Å². The number of hydrogen-bond donors (Lipinski definition) is 3. The van der Waals surface area contributed by atoms with Crippen LogP contribution in [-0.2, 0) is 9.59 Å². The Morgan fingerprint density at radius 3 is 2.58 bits per heavy atom. The van der Waals surface area contributed by atoms with Crippen LogP contribution in [0.3, 0.4) is 0 Å². The van der Waals surface area contributed by atoms with Gasteiger partial charge in [0.1, 0.15) is 0 Å². The molecule has 1 heterocycles. The Balaban J connectivity index is 0.00000324. The van der Waals surface area contributed by atoms with Gasteiger partial charge in [-0.05, 0) is 25.3 Å². The molecule has 0 saturated carbocycles. The summed E-state index contributed by atoms with van der Waals surface area (Å²) in [4.78, 5) is 23.1. The first-order valence-electron chi connectivity index (χ1n) is 6.90. The van der Waals surface area contributed by atoms with Gasteiger partial charge < -0.3 is 16.0 Å². The Hall–Kier alpha value is -0.810. The van der Waals surface area contributed by atoms with E-state index in [0.717, 1.165) is 25.9 Å². The Morgan fingerprint density at radius 1 is 1.26 bits per heavy atom. The van der Waals surface area contributed by atoms with Crippen LogP contribution >= 0.6 is 12.4 Å². The summed E-state index contributed by atoms with van der Waals surface area (Å²) in [6.45, 7) is 6.69. The van der Waals surface area contributed by atoms with Crippen molar-refractivity contribution in [3.05, 3.63) is 0 Å². The summed E-state index contributed by atoms with van der Waals surface area (Å²) in [5, 5.41) is 9.04. The van der Waals surface area contributed by atoms with Gasteiger partial charge in [0.25, 0.3) is 0 Å². The Labute approximate surface area is 121 Å². The molecule has 19 heavy (non-hydrogen) atoms. The van der Waals surface area contributed by atoms with Crippen molar-refractivity contribution in [2.75, 3.05) is 19.6 Å². The molecular formula is C13H26ClN3O2. The molecule has 5 nitrogen and oxygen atoms in total. The number of halogens is 1. The van der Waals surface area contributed by atoms with Crippen LogP contribution in [0, 0.1) is 5.92 Å². The van der Waals surface area contributed by atoms with Gasteiger partial charge in [-0.15, -0.1) is 12.4 Å². The number of carbonyl (C=O) groups is 2. The number of rotatable bonds is 6. The zero-order chi connectivity index (χ0) is 13.4. The third-order valence-corrected chi connectivity index (χ3v) is 3.33. The van der Waals surface area contributed by atoms with Crippen LogP contribution in [0.5, 0.6) is 0 Å². The van der Waals surface area contributed by atoms with Crippen LogP contribution in [0.15, 0.2) is 0 Å². The minimum absolute atomic E-state index is 0. The minimum Gasteiger partial charge on any atom is -0.356 e. The molecule has 0 aromatic heterocycles. The van der Waals surface area contributed by atoms with E-state index in [1.165, 1.54) is 0 Å². The molecule has 1 fully saturated rings. The van der Waals surface area contributed by atoms with E-state index in [-0.39, 0.29) is 43.1 Å². The topological polar surface area (TPSA) is 70.2 Å². The summed E-state index contributed by atoms with van der Waals surface area (Å²) in [6.07, 6.45) is 2.56. The lowest BCUT2D eigenvalue weighted by Gasteiger charge is -2.30. The highest BCUT2D eigenvalue weighted by Crippen LogP contribution is 2.11. The summed E-state index contributed by atoms with van der Waals surface area (Å²) in [7, 11) is 0. The highest BCUT2D eigenvalue weighted by molar-refractivity contribution is 5.85. The van der Waals surface area contributed by atoms with E-state index in [9.17, 15) is 9.59 Å². The number of carbonyl (C=O) groups excluding carboxylic acids is 2. The fourth-order valence-corrected chi connectivity index (χ4v) is 2.04. The molecule has 0 radical (unpaired) electrons. The van der Waals surface area contributed by atoms with Crippen molar-refractivity contribution < 1.29 is 9.59 Å². The molecule has 2 atom stereocenters. The Bertz CT molecular complexity index is 287. The van der Waals surface area contributed by atoms with Crippen LogP contribution in [0.1, 0.15) is 39.5 Å². The maximum Gasteiger partial charge on any atom is 0.220 e. The fraction of sp³-hybridized carbons (Fsp3) is 0.846. The minimum atomic E-state index is -0.0400.